The van der Waals surface area contributed by atoms with E-state index in [2.05, 4.69) is 11.9 Å². The lowest BCUT2D eigenvalue weighted by molar-refractivity contribution is -0.122. The lowest BCUT2D eigenvalue weighted by Crippen LogP contribution is -2.54. The lowest BCUT2D eigenvalue weighted by Gasteiger charge is -2.27. The van der Waals surface area contributed by atoms with Gasteiger partial charge in [-0.15, -0.1) is 6.58 Å². The second-order valence-corrected chi connectivity index (χ2v) is 9.51. The number of urea groups is 1. The number of nitrogens with one attached hydrogen (secondary N) is 1. The zero-order valence-corrected chi connectivity index (χ0v) is 22.8. The Hall–Kier alpha value is -4.36. The summed E-state index contributed by atoms with van der Waals surface area (Å²) >= 11 is 5.99. The highest BCUT2D eigenvalue weighted by molar-refractivity contribution is 6.39. The van der Waals surface area contributed by atoms with Crippen LogP contribution in [-0.4, -0.2) is 24.5 Å². The molecule has 1 heterocycles. The number of hydrogen-bond acceptors (Lipinski definition) is 5. The molecule has 0 atom stereocenters. The van der Waals surface area contributed by atoms with Gasteiger partial charge in [0.25, 0.3) is 11.8 Å². The van der Waals surface area contributed by atoms with Gasteiger partial charge < -0.3 is 9.47 Å². The molecule has 3 aromatic rings. The third-order valence-corrected chi connectivity index (χ3v) is 6.53. The Morgan fingerprint density at radius 3 is 2.38 bits per heavy atom. The molecule has 1 aliphatic rings. The van der Waals surface area contributed by atoms with Crippen molar-refractivity contribution in [3.8, 4) is 11.5 Å². The maximum absolute atomic E-state index is 13.4. The monoisotopic (exact) mass is 544 g/mol. The highest BCUT2D eigenvalue weighted by atomic mass is 35.5. The van der Waals surface area contributed by atoms with Crippen molar-refractivity contribution in [1.82, 2.24) is 5.32 Å². The molecule has 1 fully saturated rings. The number of anilines is 1. The molecule has 1 N–H and O–H groups in total. The lowest BCUT2D eigenvalue weighted by atomic mass is 10.0. The summed E-state index contributed by atoms with van der Waals surface area (Å²) in [5.74, 6) is -0.474. The van der Waals surface area contributed by atoms with Crippen LogP contribution in [-0.2, 0) is 22.6 Å². The second kappa shape index (κ2) is 12.0. The van der Waals surface area contributed by atoms with Gasteiger partial charge in [0.05, 0.1) is 12.3 Å². The second-order valence-electron chi connectivity index (χ2n) is 9.07. The van der Waals surface area contributed by atoms with Crippen molar-refractivity contribution < 1.29 is 23.9 Å². The van der Waals surface area contributed by atoms with Crippen LogP contribution >= 0.6 is 11.6 Å². The van der Waals surface area contributed by atoms with Gasteiger partial charge in [0.2, 0.25) is 0 Å². The third-order valence-electron chi connectivity index (χ3n) is 6.28. The Bertz CT molecular complexity index is 1480. The van der Waals surface area contributed by atoms with Crippen molar-refractivity contribution in [2.45, 2.75) is 33.8 Å². The van der Waals surface area contributed by atoms with Crippen LogP contribution in [0.5, 0.6) is 11.5 Å². The van der Waals surface area contributed by atoms with Crippen molar-refractivity contribution >= 4 is 41.2 Å². The number of hydrogen-bond donors (Lipinski definition) is 1. The average Bonchev–Trinajstić information content (AvgIpc) is 2.89. The van der Waals surface area contributed by atoms with Crippen LogP contribution in [0.4, 0.5) is 10.5 Å². The number of imide groups is 2. The van der Waals surface area contributed by atoms with E-state index in [0.717, 1.165) is 27.2 Å². The maximum atomic E-state index is 13.4. The molecule has 0 aliphatic carbocycles. The quantitative estimate of drug-likeness (QED) is 0.193. The number of aryl methyl sites for hydroxylation is 2. The Balaban J connectivity index is 1.72. The van der Waals surface area contributed by atoms with Gasteiger partial charge in [-0.2, -0.15) is 0 Å². The molecule has 8 heteroatoms. The van der Waals surface area contributed by atoms with Crippen molar-refractivity contribution in [2.75, 3.05) is 11.5 Å². The number of carbonyl (C=O) groups is 3. The smallest absolute Gasteiger partial charge is 0.335 e. The minimum atomic E-state index is -0.793. The van der Waals surface area contributed by atoms with Crippen LogP contribution in [0.1, 0.15) is 34.7 Å². The van der Waals surface area contributed by atoms with E-state index in [1.165, 1.54) is 6.08 Å². The SMILES string of the molecule is C=CCc1cc(/C=C2\C(=O)NC(=O)N(c3ccc(C)c(C)c3)C2=O)cc(OCC)c1OCc1ccc(Cl)cc1. The number of allylic oxidation sites excluding steroid dienone is 1. The summed E-state index contributed by atoms with van der Waals surface area (Å²) in [6.07, 6.45) is 3.65. The number of benzene rings is 3. The predicted octanol–water partition coefficient (Wildman–Crippen LogP) is 6.33. The van der Waals surface area contributed by atoms with Gasteiger partial charge in [0, 0.05) is 10.6 Å². The summed E-state index contributed by atoms with van der Waals surface area (Å²) in [4.78, 5) is 39.8. The first-order valence-electron chi connectivity index (χ1n) is 12.5. The van der Waals surface area contributed by atoms with Gasteiger partial charge in [-0.25, -0.2) is 9.69 Å². The van der Waals surface area contributed by atoms with Crippen LogP contribution in [0.25, 0.3) is 6.08 Å². The Morgan fingerprint density at radius 1 is 0.974 bits per heavy atom. The van der Waals surface area contributed by atoms with E-state index < -0.39 is 17.8 Å². The summed E-state index contributed by atoms with van der Waals surface area (Å²) in [6, 6.07) is 15.3. The fraction of sp³-hybridized carbons (Fsp3) is 0.194. The van der Waals surface area contributed by atoms with Gasteiger partial charge in [-0.3, -0.25) is 14.9 Å². The third kappa shape index (κ3) is 6.21. The van der Waals surface area contributed by atoms with Crippen LogP contribution in [0, 0.1) is 13.8 Å². The van der Waals surface area contributed by atoms with Crippen molar-refractivity contribution in [3.05, 3.63) is 106 Å². The van der Waals surface area contributed by atoms with Gasteiger partial charge in [0.15, 0.2) is 11.5 Å². The van der Waals surface area contributed by atoms with E-state index in [9.17, 15) is 14.4 Å². The molecule has 0 bridgehead atoms. The molecule has 3 aromatic carbocycles. The molecule has 0 spiro atoms. The van der Waals surface area contributed by atoms with Crippen molar-refractivity contribution in [2.24, 2.45) is 0 Å². The Kier molecular flexibility index (Phi) is 8.52. The van der Waals surface area contributed by atoms with E-state index in [1.54, 1.807) is 36.4 Å². The number of carbonyl (C=O) groups excluding carboxylic acids is 3. The van der Waals surface area contributed by atoms with Crippen LogP contribution in [0.3, 0.4) is 0 Å². The first kappa shape index (κ1) is 27.7. The van der Waals surface area contributed by atoms with E-state index in [4.69, 9.17) is 21.1 Å². The van der Waals surface area contributed by atoms with Crippen LogP contribution < -0.4 is 19.7 Å². The molecule has 1 aliphatic heterocycles. The normalized spacial score (nSPS) is 14.4. The first-order valence-corrected chi connectivity index (χ1v) is 12.9. The molecular formula is C31H29ClN2O5. The van der Waals surface area contributed by atoms with E-state index in [1.807, 2.05) is 45.0 Å². The number of nitrogens with zero attached hydrogens (tertiary/aromatic N) is 1. The zero-order chi connectivity index (χ0) is 28.1. The molecule has 200 valence electrons. The first-order chi connectivity index (χ1) is 18.7. The molecule has 4 amide bonds. The number of rotatable bonds is 9. The maximum Gasteiger partial charge on any atom is 0.335 e. The minimum absolute atomic E-state index is 0.172. The van der Waals surface area contributed by atoms with Gasteiger partial charge >= 0.3 is 6.03 Å². The Labute approximate surface area is 232 Å². The topological polar surface area (TPSA) is 84.9 Å². The van der Waals surface area contributed by atoms with E-state index in [-0.39, 0.29) is 12.2 Å². The Morgan fingerprint density at radius 2 is 1.72 bits per heavy atom. The highest BCUT2D eigenvalue weighted by Gasteiger charge is 2.37. The predicted molar refractivity (Wildman–Crippen MR) is 152 cm³/mol. The summed E-state index contributed by atoms with van der Waals surface area (Å²) in [5.41, 5.74) is 4.39. The molecule has 0 radical (unpaired) electrons. The summed E-state index contributed by atoms with van der Waals surface area (Å²) in [6.45, 7) is 10.2. The standard InChI is InChI=1S/C31H29ClN2O5/c1-5-7-23-15-22(17-27(38-6-2)28(23)39-18-21-9-11-24(32)12-10-21)16-26-29(35)33-31(37)34(30(26)36)25-13-8-19(3)20(4)14-25/h5,8-17H,1,6-7,18H2,2-4H3,(H,33,35,37)/b26-16+. The molecule has 0 unspecified atom stereocenters. The largest absolute Gasteiger partial charge is 0.490 e. The number of ether oxygens (including phenoxy) is 2. The van der Waals surface area contributed by atoms with Gasteiger partial charge in [-0.05, 0) is 91.9 Å². The fourth-order valence-corrected chi connectivity index (χ4v) is 4.29. The fourth-order valence-electron chi connectivity index (χ4n) is 4.16. The summed E-state index contributed by atoms with van der Waals surface area (Å²) in [7, 11) is 0. The van der Waals surface area contributed by atoms with Gasteiger partial charge in [0.1, 0.15) is 12.2 Å². The average molecular weight is 545 g/mol. The molecule has 4 rings (SSSR count). The molecule has 0 saturated carbocycles. The molecule has 39 heavy (non-hydrogen) atoms. The van der Waals surface area contributed by atoms with Crippen LogP contribution in [0.2, 0.25) is 5.02 Å². The van der Waals surface area contributed by atoms with Crippen molar-refractivity contribution in [1.29, 1.82) is 0 Å². The molecular weight excluding hydrogens is 516 g/mol. The number of halogens is 1. The highest BCUT2D eigenvalue weighted by Crippen LogP contribution is 2.36. The molecule has 7 nitrogen and oxygen atoms in total. The summed E-state index contributed by atoms with van der Waals surface area (Å²) in [5, 5.41) is 2.91. The number of amides is 4. The molecule has 0 aromatic heterocycles. The minimum Gasteiger partial charge on any atom is -0.490 e. The van der Waals surface area contributed by atoms with Crippen LogP contribution in [0.15, 0.2) is 72.8 Å². The summed E-state index contributed by atoms with van der Waals surface area (Å²) < 4.78 is 12.0. The zero-order valence-electron chi connectivity index (χ0n) is 22.0. The molecule has 1 saturated heterocycles. The van der Waals surface area contributed by atoms with E-state index >= 15 is 0 Å². The van der Waals surface area contributed by atoms with Gasteiger partial charge in [-0.1, -0.05) is 35.9 Å². The van der Waals surface area contributed by atoms with E-state index in [0.29, 0.717) is 40.8 Å². The van der Waals surface area contributed by atoms with Crippen molar-refractivity contribution in [3.63, 3.8) is 0 Å². The number of barbiturate groups is 1.